The van der Waals surface area contributed by atoms with Crippen molar-refractivity contribution in [2.45, 2.75) is 0 Å². The average molecular weight is 763 g/mol. The molecule has 0 aliphatic heterocycles. The Morgan fingerprint density at radius 1 is 0.300 bits per heavy atom. The molecule has 11 aromatic carbocycles. The second kappa shape index (κ2) is 13.9. The fraction of sp³-hybridized carbons (Fsp3) is 0. The lowest BCUT2D eigenvalue weighted by Gasteiger charge is -2.30. The van der Waals surface area contributed by atoms with E-state index in [9.17, 15) is 0 Å². The Labute approximate surface area is 348 Å². The Morgan fingerprint density at radius 3 is 1.53 bits per heavy atom. The molecule has 0 unspecified atom stereocenters. The Bertz CT molecular complexity index is 3470. The third-order valence-electron chi connectivity index (χ3n) is 12.3. The third-order valence-corrected chi connectivity index (χ3v) is 12.3. The largest absolute Gasteiger partial charge is 0.309 e. The lowest BCUT2D eigenvalue weighted by molar-refractivity contribution is 1.20. The highest BCUT2D eigenvalue weighted by Gasteiger charge is 2.23. The summed E-state index contributed by atoms with van der Waals surface area (Å²) in [6.07, 6.45) is 0. The zero-order valence-electron chi connectivity index (χ0n) is 32.8. The molecule has 1 aromatic heterocycles. The van der Waals surface area contributed by atoms with Gasteiger partial charge >= 0.3 is 0 Å². The second-order valence-corrected chi connectivity index (χ2v) is 15.7. The molecule has 0 aliphatic carbocycles. The van der Waals surface area contributed by atoms with E-state index in [1.807, 2.05) is 0 Å². The molecule has 60 heavy (non-hydrogen) atoms. The van der Waals surface area contributed by atoms with Crippen LogP contribution in [0.15, 0.2) is 231 Å². The van der Waals surface area contributed by atoms with Crippen molar-refractivity contribution in [1.82, 2.24) is 4.57 Å². The van der Waals surface area contributed by atoms with E-state index in [-0.39, 0.29) is 0 Å². The molecular formula is C58H38N2. The Hall–Kier alpha value is -7.94. The van der Waals surface area contributed by atoms with Gasteiger partial charge in [-0.15, -0.1) is 0 Å². The minimum Gasteiger partial charge on any atom is -0.309 e. The Balaban J connectivity index is 1.10. The molecule has 12 rings (SSSR count). The van der Waals surface area contributed by atoms with E-state index in [1.165, 1.54) is 93.2 Å². The summed E-state index contributed by atoms with van der Waals surface area (Å²) >= 11 is 0. The van der Waals surface area contributed by atoms with Gasteiger partial charge in [0.1, 0.15) is 0 Å². The van der Waals surface area contributed by atoms with E-state index >= 15 is 0 Å². The van der Waals surface area contributed by atoms with Crippen LogP contribution in [-0.2, 0) is 0 Å². The first-order valence-corrected chi connectivity index (χ1v) is 20.7. The first-order valence-electron chi connectivity index (χ1n) is 20.7. The van der Waals surface area contributed by atoms with Gasteiger partial charge in [-0.1, -0.05) is 182 Å². The van der Waals surface area contributed by atoms with Crippen LogP contribution in [0.4, 0.5) is 17.1 Å². The minimum absolute atomic E-state index is 1.10. The molecule has 0 N–H and O–H groups in total. The molecule has 0 saturated heterocycles. The van der Waals surface area contributed by atoms with Crippen molar-refractivity contribution in [3.05, 3.63) is 231 Å². The van der Waals surface area contributed by atoms with Crippen LogP contribution in [0.25, 0.3) is 93.2 Å². The zero-order valence-corrected chi connectivity index (χ0v) is 32.8. The molecule has 0 aliphatic rings. The molecule has 12 aromatic rings. The summed E-state index contributed by atoms with van der Waals surface area (Å²) in [5, 5.41) is 10.0. The first-order chi connectivity index (χ1) is 29.8. The molecule has 0 bridgehead atoms. The zero-order chi connectivity index (χ0) is 39.6. The van der Waals surface area contributed by atoms with Crippen molar-refractivity contribution >= 4 is 71.2 Å². The van der Waals surface area contributed by atoms with E-state index in [1.54, 1.807) is 0 Å². The van der Waals surface area contributed by atoms with Crippen molar-refractivity contribution in [3.8, 4) is 39.1 Å². The van der Waals surface area contributed by atoms with Gasteiger partial charge in [-0.2, -0.15) is 0 Å². The van der Waals surface area contributed by atoms with Crippen LogP contribution >= 0.6 is 0 Å². The van der Waals surface area contributed by atoms with Crippen LogP contribution in [0.3, 0.4) is 0 Å². The summed E-state index contributed by atoms with van der Waals surface area (Å²) in [5.41, 5.74) is 14.1. The predicted molar refractivity (Wildman–Crippen MR) is 255 cm³/mol. The van der Waals surface area contributed by atoms with E-state index in [4.69, 9.17) is 0 Å². The van der Waals surface area contributed by atoms with E-state index in [0.29, 0.717) is 0 Å². The topological polar surface area (TPSA) is 8.17 Å². The number of aromatic nitrogens is 1. The van der Waals surface area contributed by atoms with E-state index < -0.39 is 0 Å². The summed E-state index contributed by atoms with van der Waals surface area (Å²) in [6, 6.07) is 84.3. The lowest BCUT2D eigenvalue weighted by atomic mass is 9.91. The fourth-order valence-electron chi connectivity index (χ4n) is 9.59. The Morgan fingerprint density at radius 2 is 0.817 bits per heavy atom. The maximum Gasteiger partial charge on any atom is 0.0541 e. The summed E-state index contributed by atoms with van der Waals surface area (Å²) in [6.45, 7) is 0. The number of hydrogen-bond acceptors (Lipinski definition) is 1. The van der Waals surface area contributed by atoms with Crippen LogP contribution in [0.5, 0.6) is 0 Å². The van der Waals surface area contributed by atoms with Gasteiger partial charge in [-0.3, -0.25) is 0 Å². The third kappa shape index (κ3) is 5.42. The van der Waals surface area contributed by atoms with Crippen LogP contribution in [0.2, 0.25) is 0 Å². The van der Waals surface area contributed by atoms with Crippen molar-refractivity contribution in [2.75, 3.05) is 4.90 Å². The van der Waals surface area contributed by atoms with Crippen LogP contribution in [-0.4, -0.2) is 4.57 Å². The van der Waals surface area contributed by atoms with Crippen molar-refractivity contribution < 1.29 is 0 Å². The molecule has 2 nitrogen and oxygen atoms in total. The minimum atomic E-state index is 1.10. The molecule has 0 saturated carbocycles. The molecule has 0 atom stereocenters. The van der Waals surface area contributed by atoms with E-state index in [2.05, 4.69) is 240 Å². The number of benzene rings is 11. The number of anilines is 3. The number of hydrogen-bond donors (Lipinski definition) is 0. The molecule has 2 heteroatoms. The standard InChI is InChI=1S/C58H38N2/c1-3-14-39(15-4-1)41-26-32-46(33-27-41)59(52-23-10-7-20-47(52)45-19-13-18-44(38-45)40-16-5-2-6-17-40)55-36-30-42-29-35-51-56(37-31-43-28-34-50(55)57(42)58(43)51)60-53-24-11-8-21-48(53)49-22-9-12-25-54(49)60/h1-38H. The summed E-state index contributed by atoms with van der Waals surface area (Å²) < 4.78 is 2.46. The van der Waals surface area contributed by atoms with Gasteiger partial charge in [0.05, 0.1) is 28.1 Å². The normalized spacial score (nSPS) is 11.7. The number of para-hydroxylation sites is 3. The van der Waals surface area contributed by atoms with Gasteiger partial charge in [0.2, 0.25) is 0 Å². The molecule has 0 fully saturated rings. The van der Waals surface area contributed by atoms with Gasteiger partial charge in [0.15, 0.2) is 0 Å². The average Bonchev–Trinajstić information content (AvgIpc) is 3.66. The molecule has 280 valence electrons. The van der Waals surface area contributed by atoms with Gasteiger partial charge in [0, 0.05) is 32.8 Å². The first kappa shape index (κ1) is 34.1. The summed E-state index contributed by atoms with van der Waals surface area (Å²) in [5.74, 6) is 0. The van der Waals surface area contributed by atoms with Crippen LogP contribution in [0.1, 0.15) is 0 Å². The van der Waals surface area contributed by atoms with Gasteiger partial charge in [0.25, 0.3) is 0 Å². The molecule has 0 amide bonds. The smallest absolute Gasteiger partial charge is 0.0541 e. The summed E-state index contributed by atoms with van der Waals surface area (Å²) in [4.78, 5) is 2.47. The SMILES string of the molecule is c1ccc(-c2ccc(N(c3ccccc3-c3cccc(-c4ccccc4)c3)c3ccc4ccc5c(-n6c7ccccc7c7ccccc76)ccc6ccc3c4c65)cc2)cc1. The maximum absolute atomic E-state index is 2.47. The predicted octanol–water partition coefficient (Wildman–Crippen LogP) is 16.2. The van der Waals surface area contributed by atoms with E-state index in [0.717, 1.165) is 17.1 Å². The van der Waals surface area contributed by atoms with Crippen molar-refractivity contribution in [2.24, 2.45) is 0 Å². The molecular weight excluding hydrogens is 725 g/mol. The van der Waals surface area contributed by atoms with Crippen LogP contribution < -0.4 is 4.90 Å². The van der Waals surface area contributed by atoms with Gasteiger partial charge < -0.3 is 9.47 Å². The lowest BCUT2D eigenvalue weighted by Crippen LogP contribution is -2.12. The summed E-state index contributed by atoms with van der Waals surface area (Å²) in [7, 11) is 0. The highest BCUT2D eigenvalue weighted by atomic mass is 15.1. The quantitative estimate of drug-likeness (QED) is 0.147. The van der Waals surface area contributed by atoms with Crippen molar-refractivity contribution in [1.29, 1.82) is 0 Å². The molecule has 0 spiro atoms. The van der Waals surface area contributed by atoms with Gasteiger partial charge in [-0.25, -0.2) is 0 Å². The maximum atomic E-state index is 2.47. The molecule has 0 radical (unpaired) electrons. The highest BCUT2D eigenvalue weighted by molar-refractivity contribution is 6.27. The monoisotopic (exact) mass is 762 g/mol. The van der Waals surface area contributed by atoms with Crippen LogP contribution in [0, 0.1) is 0 Å². The Kier molecular flexibility index (Phi) is 7.89. The fourth-order valence-corrected chi connectivity index (χ4v) is 9.59. The number of rotatable bonds is 7. The number of nitrogens with zero attached hydrogens (tertiary/aromatic N) is 2. The second-order valence-electron chi connectivity index (χ2n) is 15.7. The number of fused-ring (bicyclic) bond motifs is 3. The highest BCUT2D eigenvalue weighted by Crippen LogP contribution is 2.48. The van der Waals surface area contributed by atoms with Crippen molar-refractivity contribution in [3.63, 3.8) is 0 Å². The molecule has 1 heterocycles. The van der Waals surface area contributed by atoms with Gasteiger partial charge in [-0.05, 0) is 97.9 Å².